The van der Waals surface area contributed by atoms with Crippen molar-refractivity contribution in [3.8, 4) is 0 Å². The Hall–Kier alpha value is -0.610. The molecular weight excluding hydrogens is 204 g/mol. The van der Waals surface area contributed by atoms with Crippen molar-refractivity contribution in [2.24, 2.45) is 5.92 Å². The van der Waals surface area contributed by atoms with E-state index in [2.05, 4.69) is 17.1 Å². The van der Waals surface area contributed by atoms with E-state index in [1.54, 1.807) is 0 Å². The van der Waals surface area contributed by atoms with E-state index in [1.165, 1.54) is 12.8 Å². The van der Waals surface area contributed by atoms with Crippen molar-refractivity contribution in [3.63, 3.8) is 0 Å². The van der Waals surface area contributed by atoms with E-state index in [4.69, 9.17) is 4.74 Å². The molecule has 1 N–H and O–H groups in total. The third-order valence-electron chi connectivity index (χ3n) is 3.10. The molecule has 0 radical (unpaired) electrons. The van der Waals surface area contributed by atoms with Gasteiger partial charge in [0.25, 0.3) is 0 Å². The second-order valence-electron chi connectivity index (χ2n) is 4.60. The molecule has 4 heteroatoms. The molecule has 1 rings (SSSR count). The first kappa shape index (κ1) is 13.5. The minimum atomic E-state index is -0.190. The number of nitrogens with one attached hydrogen (secondary N) is 1. The van der Waals surface area contributed by atoms with Gasteiger partial charge in [-0.15, -0.1) is 0 Å². The summed E-state index contributed by atoms with van der Waals surface area (Å²) in [5.41, 5.74) is 0. The summed E-state index contributed by atoms with van der Waals surface area (Å²) in [7, 11) is 1.81. The van der Waals surface area contributed by atoms with E-state index in [0.717, 1.165) is 25.6 Å². The molecule has 2 unspecified atom stereocenters. The third-order valence-corrected chi connectivity index (χ3v) is 3.10. The molecule has 0 spiro atoms. The molecule has 94 valence electrons. The maximum absolute atomic E-state index is 11.6. The van der Waals surface area contributed by atoms with Gasteiger partial charge in [-0.05, 0) is 39.3 Å². The minimum absolute atomic E-state index is 0.136. The maximum atomic E-state index is 11.6. The van der Waals surface area contributed by atoms with E-state index in [1.807, 2.05) is 14.0 Å². The van der Waals surface area contributed by atoms with Crippen LogP contribution >= 0.6 is 0 Å². The Kier molecular flexibility index (Phi) is 5.77. The smallest absolute Gasteiger partial charge is 0.324 e. The standard InChI is InChI=1S/C12H24N2O2/c1-4-16-12(15)11(13-3)9-14-7-5-6-10(2)8-14/h10-11,13H,4-9H2,1-3H3. The van der Waals surface area contributed by atoms with Crippen LogP contribution in [0.1, 0.15) is 26.7 Å². The number of likely N-dealkylation sites (tertiary alicyclic amines) is 1. The molecule has 0 aromatic rings. The fourth-order valence-corrected chi connectivity index (χ4v) is 2.24. The second kappa shape index (κ2) is 6.86. The average molecular weight is 228 g/mol. The molecule has 1 aliphatic rings. The lowest BCUT2D eigenvalue weighted by atomic mass is 10.00. The van der Waals surface area contributed by atoms with Gasteiger partial charge < -0.3 is 15.0 Å². The number of nitrogens with zero attached hydrogens (tertiary/aromatic N) is 1. The Morgan fingerprint density at radius 1 is 1.62 bits per heavy atom. The Morgan fingerprint density at radius 3 is 2.94 bits per heavy atom. The molecule has 0 amide bonds. The van der Waals surface area contributed by atoms with Crippen molar-refractivity contribution in [1.82, 2.24) is 10.2 Å². The molecule has 0 saturated carbocycles. The Balaban J connectivity index is 2.39. The first-order valence-corrected chi connectivity index (χ1v) is 6.23. The minimum Gasteiger partial charge on any atom is -0.465 e. The summed E-state index contributed by atoms with van der Waals surface area (Å²) in [5, 5.41) is 3.03. The van der Waals surface area contributed by atoms with Gasteiger partial charge >= 0.3 is 5.97 Å². The van der Waals surface area contributed by atoms with Crippen LogP contribution in [-0.2, 0) is 9.53 Å². The number of rotatable bonds is 5. The van der Waals surface area contributed by atoms with E-state index >= 15 is 0 Å². The average Bonchev–Trinajstić information content (AvgIpc) is 2.26. The summed E-state index contributed by atoms with van der Waals surface area (Å²) in [6.45, 7) is 7.52. The molecule has 4 nitrogen and oxygen atoms in total. The van der Waals surface area contributed by atoms with E-state index in [-0.39, 0.29) is 12.0 Å². The SMILES string of the molecule is CCOC(=O)C(CN1CCCC(C)C1)NC. The number of ether oxygens (including phenoxy) is 1. The van der Waals surface area contributed by atoms with Gasteiger partial charge in [0.15, 0.2) is 0 Å². The van der Waals surface area contributed by atoms with Gasteiger partial charge in [-0.1, -0.05) is 6.92 Å². The zero-order chi connectivity index (χ0) is 12.0. The Labute approximate surface area is 98.3 Å². The molecule has 1 saturated heterocycles. The van der Waals surface area contributed by atoms with Crippen molar-refractivity contribution < 1.29 is 9.53 Å². The molecule has 1 heterocycles. The highest BCUT2D eigenvalue weighted by molar-refractivity contribution is 5.76. The number of likely N-dealkylation sites (N-methyl/N-ethyl adjacent to an activating group) is 1. The monoisotopic (exact) mass is 228 g/mol. The van der Waals surface area contributed by atoms with Crippen LogP contribution in [0.3, 0.4) is 0 Å². The molecular formula is C12H24N2O2. The van der Waals surface area contributed by atoms with Crippen LogP contribution in [0.25, 0.3) is 0 Å². The second-order valence-corrected chi connectivity index (χ2v) is 4.60. The molecule has 16 heavy (non-hydrogen) atoms. The van der Waals surface area contributed by atoms with Gasteiger partial charge in [0.05, 0.1) is 6.61 Å². The molecule has 1 aliphatic heterocycles. The summed E-state index contributed by atoms with van der Waals surface area (Å²) < 4.78 is 5.04. The molecule has 0 aromatic heterocycles. The molecule has 1 fully saturated rings. The molecule has 0 aromatic carbocycles. The first-order valence-electron chi connectivity index (χ1n) is 6.23. The zero-order valence-corrected chi connectivity index (χ0v) is 10.7. The lowest BCUT2D eigenvalue weighted by Crippen LogP contribution is -2.48. The number of piperidine rings is 1. The first-order chi connectivity index (χ1) is 7.67. The van der Waals surface area contributed by atoms with Gasteiger partial charge in [-0.3, -0.25) is 4.79 Å². The van der Waals surface area contributed by atoms with E-state index in [0.29, 0.717) is 6.61 Å². The lowest BCUT2D eigenvalue weighted by Gasteiger charge is -2.32. The van der Waals surface area contributed by atoms with Crippen molar-refractivity contribution >= 4 is 5.97 Å². The summed E-state index contributed by atoms with van der Waals surface area (Å²) in [6.07, 6.45) is 2.54. The molecule has 0 aliphatic carbocycles. The number of esters is 1. The Bertz CT molecular complexity index is 221. The number of carbonyl (C=O) groups is 1. The van der Waals surface area contributed by atoms with Crippen LogP contribution < -0.4 is 5.32 Å². The molecule has 2 atom stereocenters. The van der Waals surface area contributed by atoms with E-state index < -0.39 is 0 Å². The lowest BCUT2D eigenvalue weighted by molar-refractivity contribution is -0.146. The van der Waals surface area contributed by atoms with Crippen molar-refractivity contribution in [2.45, 2.75) is 32.7 Å². The predicted octanol–water partition coefficient (Wildman–Crippen LogP) is 0.869. The van der Waals surface area contributed by atoms with Gasteiger partial charge in [0.2, 0.25) is 0 Å². The summed E-state index contributed by atoms with van der Waals surface area (Å²) in [5.74, 6) is 0.608. The molecule has 0 bridgehead atoms. The van der Waals surface area contributed by atoms with Crippen LogP contribution in [0.2, 0.25) is 0 Å². The summed E-state index contributed by atoms with van der Waals surface area (Å²) in [4.78, 5) is 14.0. The summed E-state index contributed by atoms with van der Waals surface area (Å²) in [6, 6.07) is -0.190. The number of carbonyl (C=O) groups excluding carboxylic acids is 1. The van der Waals surface area contributed by atoms with Gasteiger partial charge in [0.1, 0.15) is 6.04 Å². The van der Waals surface area contributed by atoms with Crippen LogP contribution in [0.15, 0.2) is 0 Å². The van der Waals surface area contributed by atoms with Gasteiger partial charge in [-0.25, -0.2) is 0 Å². The van der Waals surface area contributed by atoms with Crippen molar-refractivity contribution in [2.75, 3.05) is 33.3 Å². The van der Waals surface area contributed by atoms with Crippen molar-refractivity contribution in [1.29, 1.82) is 0 Å². The quantitative estimate of drug-likeness (QED) is 0.709. The van der Waals surface area contributed by atoms with Crippen LogP contribution in [-0.4, -0.2) is 50.2 Å². The fraction of sp³-hybridized carbons (Fsp3) is 0.917. The third kappa shape index (κ3) is 4.10. The summed E-state index contributed by atoms with van der Waals surface area (Å²) >= 11 is 0. The highest BCUT2D eigenvalue weighted by atomic mass is 16.5. The Morgan fingerprint density at radius 2 is 2.38 bits per heavy atom. The topological polar surface area (TPSA) is 41.6 Å². The maximum Gasteiger partial charge on any atom is 0.324 e. The van der Waals surface area contributed by atoms with Crippen LogP contribution in [0.4, 0.5) is 0 Å². The van der Waals surface area contributed by atoms with Crippen molar-refractivity contribution in [3.05, 3.63) is 0 Å². The van der Waals surface area contributed by atoms with E-state index in [9.17, 15) is 4.79 Å². The largest absolute Gasteiger partial charge is 0.465 e. The predicted molar refractivity (Wildman–Crippen MR) is 64.3 cm³/mol. The van der Waals surface area contributed by atoms with Gasteiger partial charge in [-0.2, -0.15) is 0 Å². The van der Waals surface area contributed by atoms with Crippen LogP contribution in [0.5, 0.6) is 0 Å². The highest BCUT2D eigenvalue weighted by Gasteiger charge is 2.23. The zero-order valence-electron chi connectivity index (χ0n) is 10.7. The number of hydrogen-bond donors (Lipinski definition) is 1. The number of hydrogen-bond acceptors (Lipinski definition) is 4. The fourth-order valence-electron chi connectivity index (χ4n) is 2.24. The highest BCUT2D eigenvalue weighted by Crippen LogP contribution is 2.15. The normalized spacial score (nSPS) is 24.1. The van der Waals surface area contributed by atoms with Gasteiger partial charge in [0, 0.05) is 13.1 Å². The van der Waals surface area contributed by atoms with Crippen LogP contribution in [0, 0.1) is 5.92 Å².